The highest BCUT2D eigenvalue weighted by Crippen LogP contribution is 2.27. The van der Waals surface area contributed by atoms with Crippen molar-refractivity contribution in [3.8, 4) is 5.88 Å². The molecule has 0 aliphatic heterocycles. The molecule has 0 aromatic carbocycles. The molecule has 0 saturated heterocycles. The van der Waals surface area contributed by atoms with Crippen LogP contribution in [0.3, 0.4) is 0 Å². The molecule has 8 nitrogen and oxygen atoms in total. The van der Waals surface area contributed by atoms with Gasteiger partial charge in [0.1, 0.15) is 6.29 Å². The molecule has 0 unspecified atom stereocenters. The molecule has 0 saturated carbocycles. The molecule has 1 rings (SSSR count). The predicted octanol–water partition coefficient (Wildman–Crippen LogP) is -0.00400. The largest absolute Gasteiger partial charge is 0.481 e. The molecule has 0 radical (unpaired) electrons. The third-order valence-corrected chi connectivity index (χ3v) is 2.20. The first-order chi connectivity index (χ1) is 8.63. The van der Waals surface area contributed by atoms with Crippen molar-refractivity contribution in [1.29, 1.82) is 0 Å². The third kappa shape index (κ3) is 3.14. The number of aldehydes is 1. The molecule has 0 fully saturated rings. The summed E-state index contributed by atoms with van der Waals surface area (Å²) in [5.41, 5.74) is -0.244. The summed E-state index contributed by atoms with van der Waals surface area (Å²) in [7, 11) is 1.38. The third-order valence-electron chi connectivity index (χ3n) is 2.20. The van der Waals surface area contributed by atoms with Crippen molar-refractivity contribution in [2.45, 2.75) is 0 Å². The van der Waals surface area contributed by atoms with Gasteiger partial charge in [-0.25, -0.2) is 0 Å². The fourth-order valence-corrected chi connectivity index (χ4v) is 1.41. The van der Waals surface area contributed by atoms with E-state index in [4.69, 9.17) is 9.84 Å². The summed E-state index contributed by atoms with van der Waals surface area (Å²) in [6, 6.07) is 2.61. The lowest BCUT2D eigenvalue weighted by atomic mass is 10.3. The van der Waals surface area contributed by atoms with Gasteiger partial charge in [0.05, 0.1) is 25.2 Å². The van der Waals surface area contributed by atoms with E-state index >= 15 is 0 Å². The molecule has 0 spiro atoms. The first-order valence-electron chi connectivity index (χ1n) is 5.13. The SMILES string of the molecule is COc1ccc([N+](=O)[O-])c(N(CC=O)CCO)n1. The molecule has 0 aliphatic rings. The Hall–Kier alpha value is -2.22. The molecule has 98 valence electrons. The van der Waals surface area contributed by atoms with Gasteiger partial charge in [-0.3, -0.25) is 10.1 Å². The Morgan fingerprint density at radius 1 is 1.61 bits per heavy atom. The van der Waals surface area contributed by atoms with E-state index in [1.807, 2.05) is 0 Å². The smallest absolute Gasteiger partial charge is 0.311 e. The second-order valence-corrected chi connectivity index (χ2v) is 3.29. The highest BCUT2D eigenvalue weighted by Gasteiger charge is 2.21. The zero-order valence-electron chi connectivity index (χ0n) is 9.78. The second kappa shape index (κ2) is 6.50. The molecular weight excluding hydrogens is 242 g/mol. The molecule has 1 aromatic rings. The number of hydrogen-bond donors (Lipinski definition) is 1. The number of hydrogen-bond acceptors (Lipinski definition) is 7. The van der Waals surface area contributed by atoms with Gasteiger partial charge in [0.25, 0.3) is 0 Å². The number of aliphatic hydroxyl groups excluding tert-OH is 1. The van der Waals surface area contributed by atoms with E-state index in [1.165, 1.54) is 24.1 Å². The van der Waals surface area contributed by atoms with Gasteiger partial charge in [-0.2, -0.15) is 4.98 Å². The standard InChI is InChI=1S/C10H13N3O5/c1-18-9-3-2-8(13(16)17)10(11-9)12(4-6-14)5-7-15/h2-3,6,15H,4-5,7H2,1H3. The van der Waals surface area contributed by atoms with E-state index < -0.39 is 4.92 Å². The van der Waals surface area contributed by atoms with Crippen molar-refractivity contribution >= 4 is 17.8 Å². The molecule has 1 aromatic heterocycles. The minimum atomic E-state index is -0.600. The van der Waals surface area contributed by atoms with Gasteiger partial charge in [0.15, 0.2) is 0 Å². The lowest BCUT2D eigenvalue weighted by Gasteiger charge is -2.19. The summed E-state index contributed by atoms with van der Waals surface area (Å²) in [6.07, 6.45) is 0.584. The molecule has 1 heterocycles. The maximum absolute atomic E-state index is 10.9. The first-order valence-corrected chi connectivity index (χ1v) is 5.13. The van der Waals surface area contributed by atoms with Crippen LogP contribution in [0.1, 0.15) is 0 Å². The van der Waals surface area contributed by atoms with Crippen LogP contribution in [0.25, 0.3) is 0 Å². The van der Waals surface area contributed by atoms with Crippen molar-refractivity contribution in [1.82, 2.24) is 4.98 Å². The number of nitro groups is 1. The van der Waals surface area contributed by atoms with Gasteiger partial charge < -0.3 is 19.5 Å². The lowest BCUT2D eigenvalue weighted by Crippen LogP contribution is -2.30. The van der Waals surface area contributed by atoms with Crippen LogP contribution in [0, 0.1) is 10.1 Å². The summed E-state index contributed by atoms with van der Waals surface area (Å²) in [4.78, 5) is 26.1. The van der Waals surface area contributed by atoms with Crippen LogP contribution in [-0.4, -0.2) is 48.1 Å². The molecule has 0 bridgehead atoms. The number of carbonyl (C=O) groups excluding carboxylic acids is 1. The molecule has 18 heavy (non-hydrogen) atoms. The Morgan fingerprint density at radius 3 is 2.83 bits per heavy atom. The van der Waals surface area contributed by atoms with Crippen LogP contribution in [0.4, 0.5) is 11.5 Å². The van der Waals surface area contributed by atoms with Gasteiger partial charge in [0, 0.05) is 18.7 Å². The van der Waals surface area contributed by atoms with Crippen molar-refractivity contribution in [2.75, 3.05) is 31.7 Å². The molecular formula is C10H13N3O5. The zero-order chi connectivity index (χ0) is 13.5. The Morgan fingerprint density at radius 2 is 2.33 bits per heavy atom. The van der Waals surface area contributed by atoms with Crippen LogP contribution >= 0.6 is 0 Å². The highest BCUT2D eigenvalue weighted by atomic mass is 16.6. The van der Waals surface area contributed by atoms with E-state index in [0.717, 1.165) is 0 Å². The Bertz CT molecular complexity index is 438. The van der Waals surface area contributed by atoms with E-state index in [9.17, 15) is 14.9 Å². The van der Waals surface area contributed by atoms with Gasteiger partial charge >= 0.3 is 5.69 Å². The van der Waals surface area contributed by atoms with Crippen molar-refractivity contribution in [3.05, 3.63) is 22.2 Å². The summed E-state index contributed by atoms with van der Waals surface area (Å²) < 4.78 is 4.88. The van der Waals surface area contributed by atoms with E-state index in [-0.39, 0.29) is 37.1 Å². The second-order valence-electron chi connectivity index (χ2n) is 3.29. The van der Waals surface area contributed by atoms with Gasteiger partial charge in [-0.05, 0) is 0 Å². The minimum absolute atomic E-state index is 0.000463. The number of rotatable bonds is 7. The maximum Gasteiger partial charge on any atom is 0.311 e. The number of nitrogens with zero attached hydrogens (tertiary/aromatic N) is 3. The molecule has 0 amide bonds. The van der Waals surface area contributed by atoms with Crippen molar-refractivity contribution in [3.63, 3.8) is 0 Å². The topological polar surface area (TPSA) is 106 Å². The van der Waals surface area contributed by atoms with Crippen LogP contribution in [-0.2, 0) is 4.79 Å². The average Bonchev–Trinajstić information content (AvgIpc) is 2.37. The van der Waals surface area contributed by atoms with E-state index in [1.54, 1.807) is 0 Å². The van der Waals surface area contributed by atoms with Crippen LogP contribution in [0.2, 0.25) is 0 Å². The lowest BCUT2D eigenvalue weighted by molar-refractivity contribution is -0.384. The average molecular weight is 255 g/mol. The van der Waals surface area contributed by atoms with E-state index in [2.05, 4.69) is 4.98 Å². The number of anilines is 1. The number of ether oxygens (including phenoxy) is 1. The summed E-state index contributed by atoms with van der Waals surface area (Å²) in [5, 5.41) is 19.8. The van der Waals surface area contributed by atoms with Crippen LogP contribution < -0.4 is 9.64 Å². The van der Waals surface area contributed by atoms with Gasteiger partial charge in [-0.1, -0.05) is 0 Å². The van der Waals surface area contributed by atoms with E-state index in [0.29, 0.717) is 6.29 Å². The number of carbonyl (C=O) groups is 1. The highest BCUT2D eigenvalue weighted by molar-refractivity contribution is 5.65. The first kappa shape index (κ1) is 13.8. The summed E-state index contributed by atoms with van der Waals surface area (Å²) in [6.45, 7) is -0.273. The monoisotopic (exact) mass is 255 g/mol. The number of aromatic nitrogens is 1. The number of aliphatic hydroxyl groups is 1. The quantitative estimate of drug-likeness (QED) is 0.415. The predicted molar refractivity (Wildman–Crippen MR) is 62.8 cm³/mol. The molecule has 8 heteroatoms. The Labute approximate surface area is 103 Å². The van der Waals surface area contributed by atoms with Gasteiger partial charge in [-0.15, -0.1) is 0 Å². The van der Waals surface area contributed by atoms with Gasteiger partial charge in [0.2, 0.25) is 11.7 Å². The molecule has 0 aliphatic carbocycles. The molecule has 1 N–H and O–H groups in total. The summed E-state index contributed by atoms with van der Waals surface area (Å²) in [5.74, 6) is 0.199. The number of methoxy groups -OCH3 is 1. The fourth-order valence-electron chi connectivity index (χ4n) is 1.41. The van der Waals surface area contributed by atoms with Crippen molar-refractivity contribution in [2.24, 2.45) is 0 Å². The fraction of sp³-hybridized carbons (Fsp3) is 0.400. The summed E-state index contributed by atoms with van der Waals surface area (Å²) >= 11 is 0. The normalized spacial score (nSPS) is 9.89. The molecule has 0 atom stereocenters. The minimum Gasteiger partial charge on any atom is -0.481 e. The Kier molecular flexibility index (Phi) is 5.00. The zero-order valence-corrected chi connectivity index (χ0v) is 9.78. The maximum atomic E-state index is 10.9. The van der Waals surface area contributed by atoms with Crippen molar-refractivity contribution < 1.29 is 19.6 Å². The Balaban J connectivity index is 3.22. The number of pyridine rings is 1. The van der Waals surface area contributed by atoms with Crippen LogP contribution in [0.5, 0.6) is 5.88 Å². The van der Waals surface area contributed by atoms with Crippen LogP contribution in [0.15, 0.2) is 12.1 Å².